The molecule has 2 fully saturated rings. The minimum absolute atomic E-state index is 0. The third-order valence-electron chi connectivity index (χ3n) is 5.90. The molecule has 1 aromatic rings. The lowest BCUT2D eigenvalue weighted by Gasteiger charge is -2.25. The summed E-state index contributed by atoms with van der Waals surface area (Å²) in [5.41, 5.74) is 2.45. The average molecular weight is 410 g/mol. The van der Waals surface area contributed by atoms with Gasteiger partial charge in [0.25, 0.3) is 0 Å². The van der Waals surface area contributed by atoms with E-state index in [1.165, 1.54) is 11.1 Å². The highest BCUT2D eigenvalue weighted by molar-refractivity contribution is 6.30. The molecule has 0 aliphatic carbocycles. The molecular weight excluding hydrogens is 383 g/mol. The summed E-state index contributed by atoms with van der Waals surface area (Å²) in [7, 11) is 0. The van der Waals surface area contributed by atoms with Crippen LogP contribution in [0.3, 0.4) is 0 Å². The molecule has 3 aliphatic rings. The summed E-state index contributed by atoms with van der Waals surface area (Å²) in [6, 6.07) is 4.09. The predicted molar refractivity (Wildman–Crippen MR) is 106 cm³/mol. The van der Waals surface area contributed by atoms with E-state index < -0.39 is 0 Å². The number of nitrogens with one attached hydrogen (secondary N) is 1. The molecule has 0 saturated carbocycles. The standard InChI is InChI=1S/C18H25ClN2O2.2ClH/c1-17(2)11-23-16-12(3-14(19)4-15(16)17)6-21-7-13-5-20-8-18(13,9-21)10-22;;/h3-4,13,20,22H,5-11H2,1-2H3;2*1H. The van der Waals surface area contributed by atoms with Crippen LogP contribution in [0.5, 0.6) is 5.75 Å². The van der Waals surface area contributed by atoms with Gasteiger partial charge >= 0.3 is 0 Å². The molecular formula is C18H27Cl3N2O2. The number of aliphatic hydroxyl groups excluding tert-OH is 1. The van der Waals surface area contributed by atoms with E-state index in [1.807, 2.05) is 12.1 Å². The van der Waals surface area contributed by atoms with Crippen molar-refractivity contribution in [3.8, 4) is 5.75 Å². The van der Waals surface area contributed by atoms with Crippen LogP contribution in [-0.4, -0.2) is 49.4 Å². The van der Waals surface area contributed by atoms with Gasteiger partial charge in [-0.1, -0.05) is 25.4 Å². The Balaban J connectivity index is 0.00000113. The summed E-state index contributed by atoms with van der Waals surface area (Å²) in [5, 5.41) is 14.1. The second-order valence-electron chi connectivity index (χ2n) is 8.13. The van der Waals surface area contributed by atoms with Gasteiger partial charge in [0.15, 0.2) is 0 Å². The zero-order valence-corrected chi connectivity index (χ0v) is 17.1. The molecule has 3 heterocycles. The minimum atomic E-state index is 0. The van der Waals surface area contributed by atoms with Crippen molar-refractivity contribution in [1.29, 1.82) is 0 Å². The van der Waals surface area contributed by atoms with E-state index in [0.29, 0.717) is 12.5 Å². The third kappa shape index (κ3) is 3.50. The van der Waals surface area contributed by atoms with E-state index in [4.69, 9.17) is 16.3 Å². The normalized spacial score (nSPS) is 29.4. The third-order valence-corrected chi connectivity index (χ3v) is 6.12. The lowest BCUT2D eigenvalue weighted by Crippen LogP contribution is -2.35. The molecule has 0 radical (unpaired) electrons. The summed E-state index contributed by atoms with van der Waals surface area (Å²) in [4.78, 5) is 2.45. The van der Waals surface area contributed by atoms with Gasteiger partial charge in [-0.3, -0.25) is 4.90 Å². The van der Waals surface area contributed by atoms with E-state index in [2.05, 4.69) is 24.1 Å². The second-order valence-corrected chi connectivity index (χ2v) is 8.57. The maximum atomic E-state index is 9.87. The SMILES string of the molecule is CC1(C)COc2c(CN3CC4CNCC4(CO)C3)cc(Cl)cc21.Cl.Cl. The molecule has 0 amide bonds. The number of ether oxygens (including phenoxy) is 1. The first-order valence-corrected chi connectivity index (χ1v) is 8.81. The Bertz CT molecular complexity index is 641. The van der Waals surface area contributed by atoms with Crippen molar-refractivity contribution >= 4 is 36.4 Å². The zero-order valence-electron chi connectivity index (χ0n) is 14.7. The molecule has 1 aromatic carbocycles. The van der Waals surface area contributed by atoms with Crippen LogP contribution in [0.2, 0.25) is 5.02 Å². The van der Waals surface area contributed by atoms with Gasteiger partial charge in [0.2, 0.25) is 0 Å². The van der Waals surface area contributed by atoms with Crippen molar-refractivity contribution in [3.05, 3.63) is 28.3 Å². The van der Waals surface area contributed by atoms with Gasteiger partial charge in [0, 0.05) is 53.2 Å². The summed E-state index contributed by atoms with van der Waals surface area (Å²) >= 11 is 6.37. The van der Waals surface area contributed by atoms with Gasteiger partial charge in [-0.15, -0.1) is 24.8 Å². The maximum absolute atomic E-state index is 9.87. The van der Waals surface area contributed by atoms with Crippen molar-refractivity contribution in [2.24, 2.45) is 11.3 Å². The molecule has 0 spiro atoms. The first-order valence-electron chi connectivity index (χ1n) is 8.43. The number of aliphatic hydroxyl groups is 1. The Morgan fingerprint density at radius 1 is 1.36 bits per heavy atom. The van der Waals surface area contributed by atoms with Crippen molar-refractivity contribution in [3.63, 3.8) is 0 Å². The minimum Gasteiger partial charge on any atom is -0.492 e. The van der Waals surface area contributed by atoms with Crippen LogP contribution >= 0.6 is 36.4 Å². The molecule has 0 aromatic heterocycles. The van der Waals surface area contributed by atoms with E-state index >= 15 is 0 Å². The van der Waals surface area contributed by atoms with E-state index in [-0.39, 0.29) is 42.3 Å². The molecule has 0 bridgehead atoms. The van der Waals surface area contributed by atoms with E-state index in [0.717, 1.165) is 43.5 Å². The van der Waals surface area contributed by atoms with Crippen LogP contribution in [0.4, 0.5) is 0 Å². The largest absolute Gasteiger partial charge is 0.492 e. The Hall–Kier alpha value is -0.230. The number of rotatable bonds is 3. The van der Waals surface area contributed by atoms with E-state index in [9.17, 15) is 5.11 Å². The summed E-state index contributed by atoms with van der Waals surface area (Å²) in [5.74, 6) is 1.56. The molecule has 3 aliphatic heterocycles. The first-order chi connectivity index (χ1) is 10.9. The topological polar surface area (TPSA) is 44.7 Å². The Morgan fingerprint density at radius 2 is 2.12 bits per heavy atom. The van der Waals surface area contributed by atoms with Crippen LogP contribution in [0.25, 0.3) is 0 Å². The Morgan fingerprint density at radius 3 is 2.80 bits per heavy atom. The number of benzene rings is 1. The van der Waals surface area contributed by atoms with Crippen molar-refractivity contribution in [1.82, 2.24) is 10.2 Å². The summed E-state index contributed by atoms with van der Waals surface area (Å²) < 4.78 is 6.01. The molecule has 4 nitrogen and oxygen atoms in total. The Kier molecular flexibility index (Phi) is 6.25. The van der Waals surface area contributed by atoms with Crippen LogP contribution in [0.1, 0.15) is 25.0 Å². The lowest BCUT2D eigenvalue weighted by atomic mass is 9.82. The van der Waals surface area contributed by atoms with Crippen LogP contribution < -0.4 is 10.1 Å². The monoisotopic (exact) mass is 408 g/mol. The highest BCUT2D eigenvalue weighted by atomic mass is 35.5. The van der Waals surface area contributed by atoms with Crippen molar-refractivity contribution < 1.29 is 9.84 Å². The quantitative estimate of drug-likeness (QED) is 0.806. The van der Waals surface area contributed by atoms with Crippen LogP contribution in [0.15, 0.2) is 12.1 Å². The van der Waals surface area contributed by atoms with Gasteiger partial charge in [-0.05, 0) is 24.6 Å². The molecule has 142 valence electrons. The molecule has 2 atom stereocenters. The first kappa shape index (κ1) is 21.1. The van der Waals surface area contributed by atoms with Gasteiger partial charge in [0.05, 0.1) is 13.2 Å². The van der Waals surface area contributed by atoms with E-state index in [1.54, 1.807) is 0 Å². The molecule has 25 heavy (non-hydrogen) atoms. The fourth-order valence-electron chi connectivity index (χ4n) is 4.49. The summed E-state index contributed by atoms with van der Waals surface area (Å²) in [6.07, 6.45) is 0. The summed E-state index contributed by atoms with van der Waals surface area (Å²) in [6.45, 7) is 10.1. The smallest absolute Gasteiger partial charge is 0.127 e. The Labute approximate surface area is 167 Å². The number of hydrogen-bond donors (Lipinski definition) is 2. The van der Waals surface area contributed by atoms with Gasteiger partial charge in [-0.2, -0.15) is 0 Å². The van der Waals surface area contributed by atoms with Crippen molar-refractivity contribution in [2.45, 2.75) is 25.8 Å². The predicted octanol–water partition coefficient (Wildman–Crippen LogP) is 2.87. The fourth-order valence-corrected chi connectivity index (χ4v) is 4.73. The van der Waals surface area contributed by atoms with Crippen LogP contribution in [0, 0.1) is 11.3 Å². The molecule has 2 saturated heterocycles. The number of nitrogens with zero attached hydrogens (tertiary/aromatic N) is 1. The van der Waals surface area contributed by atoms with Gasteiger partial charge in [-0.25, -0.2) is 0 Å². The van der Waals surface area contributed by atoms with Gasteiger partial charge in [0.1, 0.15) is 5.75 Å². The number of hydrogen-bond acceptors (Lipinski definition) is 4. The van der Waals surface area contributed by atoms with Gasteiger partial charge < -0.3 is 15.2 Å². The number of fused-ring (bicyclic) bond motifs is 2. The maximum Gasteiger partial charge on any atom is 0.127 e. The highest BCUT2D eigenvalue weighted by Gasteiger charge is 2.49. The van der Waals surface area contributed by atoms with Crippen LogP contribution in [-0.2, 0) is 12.0 Å². The second kappa shape index (κ2) is 7.41. The lowest BCUT2D eigenvalue weighted by molar-refractivity contribution is 0.124. The fraction of sp³-hybridized carbons (Fsp3) is 0.667. The van der Waals surface area contributed by atoms with Crippen molar-refractivity contribution in [2.75, 3.05) is 39.4 Å². The molecule has 2 unspecified atom stereocenters. The number of likely N-dealkylation sites (tertiary alicyclic amines) is 1. The zero-order chi connectivity index (χ0) is 16.2. The average Bonchev–Trinajstić information content (AvgIpc) is 3.10. The highest BCUT2D eigenvalue weighted by Crippen LogP contribution is 2.44. The molecule has 7 heteroatoms. The molecule has 4 rings (SSSR count). The molecule has 2 N–H and O–H groups in total. The number of halogens is 3.